The van der Waals surface area contributed by atoms with Crippen LogP contribution in [0.3, 0.4) is 0 Å². The largest absolute Gasteiger partial charge is 0.497 e. The summed E-state index contributed by atoms with van der Waals surface area (Å²) in [5, 5.41) is 0. The van der Waals surface area contributed by atoms with Crippen molar-refractivity contribution in [3.63, 3.8) is 0 Å². The van der Waals surface area contributed by atoms with Gasteiger partial charge in [-0.2, -0.15) is 4.98 Å². The Labute approximate surface area is 196 Å². The minimum absolute atomic E-state index is 0.315. The first-order valence-electron chi connectivity index (χ1n) is 11.7. The third kappa shape index (κ3) is 5.56. The van der Waals surface area contributed by atoms with Gasteiger partial charge in [0.15, 0.2) is 0 Å². The Balaban J connectivity index is 1.31. The molecule has 0 saturated heterocycles. The van der Waals surface area contributed by atoms with Crippen LogP contribution in [0.5, 0.6) is 23.3 Å². The molecule has 1 heterocycles. The van der Waals surface area contributed by atoms with E-state index in [2.05, 4.69) is 40.0 Å². The second-order valence-electron chi connectivity index (χ2n) is 8.57. The fraction of sp³-hybridized carbons (Fsp3) is 0.407. The minimum Gasteiger partial charge on any atom is -0.497 e. The normalized spacial score (nSPS) is 14.6. The van der Waals surface area contributed by atoms with Gasteiger partial charge >= 0.3 is 6.01 Å². The molecule has 0 amide bonds. The van der Waals surface area contributed by atoms with Gasteiger partial charge < -0.3 is 19.1 Å². The highest BCUT2D eigenvalue weighted by Gasteiger charge is 2.21. The maximum atomic E-state index is 6.05. The van der Waals surface area contributed by atoms with Crippen LogP contribution in [0.25, 0.3) is 0 Å². The molecular formula is C27H33N3O3. The number of fused-ring (bicyclic) bond motifs is 1. The van der Waals surface area contributed by atoms with Crippen molar-refractivity contribution in [3.8, 4) is 23.3 Å². The van der Waals surface area contributed by atoms with E-state index in [9.17, 15) is 0 Å². The number of ether oxygens (including phenoxy) is 3. The number of hydrogen-bond acceptors (Lipinski definition) is 6. The number of nitrogens with zero attached hydrogens (tertiary/aromatic N) is 3. The van der Waals surface area contributed by atoms with E-state index in [1.54, 1.807) is 13.3 Å². The van der Waals surface area contributed by atoms with E-state index in [1.807, 2.05) is 38.2 Å². The average Bonchev–Trinajstić information content (AvgIpc) is 3.25. The number of methoxy groups -OCH3 is 1. The Morgan fingerprint density at radius 1 is 1.09 bits per heavy atom. The molecular weight excluding hydrogens is 414 g/mol. The van der Waals surface area contributed by atoms with Gasteiger partial charge in [0.2, 0.25) is 0 Å². The zero-order chi connectivity index (χ0) is 23.2. The van der Waals surface area contributed by atoms with Crippen LogP contribution < -0.4 is 19.1 Å². The number of hydrogen-bond donors (Lipinski definition) is 0. The van der Waals surface area contributed by atoms with Crippen LogP contribution >= 0.6 is 0 Å². The minimum atomic E-state index is 0.315. The summed E-state index contributed by atoms with van der Waals surface area (Å²) >= 11 is 0. The van der Waals surface area contributed by atoms with Gasteiger partial charge in [0, 0.05) is 31.4 Å². The Kier molecular flexibility index (Phi) is 7.33. The second kappa shape index (κ2) is 10.6. The summed E-state index contributed by atoms with van der Waals surface area (Å²) in [5.74, 6) is 3.91. The molecule has 0 N–H and O–H groups in total. The molecule has 6 nitrogen and oxygen atoms in total. The predicted molar refractivity (Wildman–Crippen MR) is 131 cm³/mol. The molecule has 4 rings (SSSR count). The Hall–Kier alpha value is -3.28. The van der Waals surface area contributed by atoms with E-state index >= 15 is 0 Å². The predicted octanol–water partition coefficient (Wildman–Crippen LogP) is 5.93. The van der Waals surface area contributed by atoms with Gasteiger partial charge in [-0.05, 0) is 73.9 Å². The van der Waals surface area contributed by atoms with Crippen molar-refractivity contribution in [2.24, 2.45) is 0 Å². The summed E-state index contributed by atoms with van der Waals surface area (Å²) in [5.41, 5.74) is 3.97. The molecule has 33 heavy (non-hydrogen) atoms. The zero-order valence-electron chi connectivity index (χ0n) is 20.0. The van der Waals surface area contributed by atoms with Crippen molar-refractivity contribution in [1.82, 2.24) is 9.97 Å². The van der Waals surface area contributed by atoms with Crippen LogP contribution in [0.1, 0.15) is 48.8 Å². The number of benzene rings is 2. The summed E-state index contributed by atoms with van der Waals surface area (Å²) in [7, 11) is 3.66. The summed E-state index contributed by atoms with van der Waals surface area (Å²) in [6.45, 7) is 5.76. The van der Waals surface area contributed by atoms with Crippen molar-refractivity contribution in [2.45, 2.75) is 45.4 Å². The zero-order valence-corrected chi connectivity index (χ0v) is 20.0. The van der Waals surface area contributed by atoms with Crippen LogP contribution in [-0.2, 0) is 6.42 Å². The maximum Gasteiger partial charge on any atom is 0.323 e. The molecule has 1 atom stereocenters. The third-order valence-electron chi connectivity index (χ3n) is 6.25. The highest BCUT2D eigenvalue weighted by atomic mass is 16.5. The van der Waals surface area contributed by atoms with E-state index < -0.39 is 0 Å². The second-order valence-corrected chi connectivity index (χ2v) is 8.57. The molecule has 0 aliphatic heterocycles. The van der Waals surface area contributed by atoms with Crippen LogP contribution in [0.2, 0.25) is 0 Å². The molecule has 0 spiro atoms. The van der Waals surface area contributed by atoms with Gasteiger partial charge in [-0.25, -0.2) is 4.98 Å². The van der Waals surface area contributed by atoms with E-state index in [1.165, 1.54) is 30.4 Å². The van der Waals surface area contributed by atoms with E-state index in [4.69, 9.17) is 14.2 Å². The number of aromatic nitrogens is 2. The van der Waals surface area contributed by atoms with Crippen molar-refractivity contribution in [3.05, 3.63) is 65.4 Å². The highest BCUT2D eigenvalue weighted by Crippen LogP contribution is 2.37. The third-order valence-corrected chi connectivity index (χ3v) is 6.25. The summed E-state index contributed by atoms with van der Waals surface area (Å²) in [4.78, 5) is 11.1. The molecule has 6 heteroatoms. The van der Waals surface area contributed by atoms with Gasteiger partial charge in [-0.1, -0.05) is 19.1 Å². The maximum absolute atomic E-state index is 6.05. The lowest BCUT2D eigenvalue weighted by Gasteiger charge is -2.20. The highest BCUT2D eigenvalue weighted by molar-refractivity contribution is 5.46. The van der Waals surface area contributed by atoms with Gasteiger partial charge in [0.1, 0.15) is 23.1 Å². The lowest BCUT2D eigenvalue weighted by Crippen LogP contribution is -2.22. The van der Waals surface area contributed by atoms with Crippen LogP contribution in [-0.4, -0.2) is 37.3 Å². The van der Waals surface area contributed by atoms with Gasteiger partial charge in [0.25, 0.3) is 0 Å². The molecule has 1 aliphatic rings. The SMILES string of the molecule is CC[C@@H]1CCc2cc(OCCCN(C)c3nc(Oc4cccc(OC)c4)ncc3C)ccc21. The van der Waals surface area contributed by atoms with Crippen molar-refractivity contribution < 1.29 is 14.2 Å². The Morgan fingerprint density at radius 3 is 2.76 bits per heavy atom. The first kappa shape index (κ1) is 22.9. The van der Waals surface area contributed by atoms with Crippen molar-refractivity contribution in [1.29, 1.82) is 0 Å². The molecule has 0 fully saturated rings. The van der Waals surface area contributed by atoms with Crippen molar-refractivity contribution in [2.75, 3.05) is 32.2 Å². The van der Waals surface area contributed by atoms with Gasteiger partial charge in [-0.3, -0.25) is 0 Å². The lowest BCUT2D eigenvalue weighted by molar-refractivity contribution is 0.312. The van der Waals surface area contributed by atoms with E-state index in [0.29, 0.717) is 18.4 Å². The monoisotopic (exact) mass is 447 g/mol. The number of rotatable bonds is 10. The molecule has 1 aliphatic carbocycles. The molecule has 174 valence electrons. The summed E-state index contributed by atoms with van der Waals surface area (Å²) < 4.78 is 17.1. The molecule has 3 aromatic rings. The van der Waals surface area contributed by atoms with Gasteiger partial charge in [0.05, 0.1) is 13.7 Å². The lowest BCUT2D eigenvalue weighted by atomic mass is 9.99. The topological polar surface area (TPSA) is 56.7 Å². The van der Waals surface area contributed by atoms with E-state index in [0.717, 1.165) is 41.8 Å². The number of aryl methyl sites for hydroxylation is 2. The summed E-state index contributed by atoms with van der Waals surface area (Å²) in [6, 6.07) is 14.3. The molecule has 2 aromatic carbocycles. The first-order valence-corrected chi connectivity index (χ1v) is 11.7. The average molecular weight is 448 g/mol. The Bertz CT molecular complexity index is 1090. The van der Waals surface area contributed by atoms with Crippen LogP contribution in [0.4, 0.5) is 5.82 Å². The molecule has 0 radical (unpaired) electrons. The molecule has 0 saturated carbocycles. The van der Waals surface area contributed by atoms with E-state index in [-0.39, 0.29) is 0 Å². The molecule has 1 aromatic heterocycles. The first-order chi connectivity index (χ1) is 16.1. The number of anilines is 1. The molecule has 0 unspecified atom stereocenters. The van der Waals surface area contributed by atoms with Crippen LogP contribution in [0.15, 0.2) is 48.7 Å². The quantitative estimate of drug-likeness (QED) is 0.359. The standard InChI is InChI=1S/C27H33N3O3/c1-5-20-10-11-21-16-23(12-13-25(20)21)32-15-7-14-30(3)26-19(2)18-28-27(29-26)33-24-9-6-8-22(17-24)31-4/h6,8-9,12-13,16-18,20H,5,7,10-11,14-15H2,1-4H3/t20-/m1/s1. The fourth-order valence-corrected chi connectivity index (χ4v) is 4.42. The van der Waals surface area contributed by atoms with Crippen LogP contribution in [0, 0.1) is 6.92 Å². The molecule has 0 bridgehead atoms. The smallest absolute Gasteiger partial charge is 0.323 e. The van der Waals surface area contributed by atoms with Crippen molar-refractivity contribution >= 4 is 5.82 Å². The Morgan fingerprint density at radius 2 is 1.94 bits per heavy atom. The fourth-order valence-electron chi connectivity index (χ4n) is 4.42. The summed E-state index contributed by atoms with van der Waals surface area (Å²) in [6.07, 6.45) is 6.33. The van der Waals surface area contributed by atoms with Gasteiger partial charge in [-0.15, -0.1) is 0 Å².